The lowest BCUT2D eigenvalue weighted by Crippen LogP contribution is -2.07. The molecule has 3 rings (SSSR count). The first kappa shape index (κ1) is 11.5. The molecule has 0 aromatic heterocycles. The van der Waals surface area contributed by atoms with E-state index in [-0.39, 0.29) is 0 Å². The maximum atomic E-state index is 2.43. The van der Waals surface area contributed by atoms with Crippen LogP contribution < -0.4 is 0 Å². The van der Waals surface area contributed by atoms with Crippen LogP contribution in [-0.4, -0.2) is 0 Å². The molecule has 0 amide bonds. The highest BCUT2D eigenvalue weighted by molar-refractivity contribution is 5.96. The van der Waals surface area contributed by atoms with Crippen LogP contribution in [0.2, 0.25) is 0 Å². The summed E-state index contributed by atoms with van der Waals surface area (Å²) in [5.41, 5.74) is 4.56. The average Bonchev–Trinajstić information content (AvgIpc) is 2.42. The van der Waals surface area contributed by atoms with Crippen LogP contribution in [0.5, 0.6) is 0 Å². The van der Waals surface area contributed by atoms with E-state index < -0.39 is 0 Å². The molecule has 1 atom stereocenters. The first-order valence-corrected chi connectivity index (χ1v) is 7.07. The van der Waals surface area contributed by atoms with E-state index in [0.717, 1.165) is 6.42 Å². The normalized spacial score (nSPS) is 17.9. The standard InChI is InChI=1S/C18H20/c1-3-7-16-13(4-2)12-15-10-5-8-14-9-6-11-17(16)18(14)15/h5-6,8-12,16H,3-4,7H2,1-2H3. The highest BCUT2D eigenvalue weighted by Gasteiger charge is 2.22. The predicted molar refractivity (Wildman–Crippen MR) is 79.9 cm³/mol. The molecule has 2 aromatic rings. The molecule has 0 fully saturated rings. The molecule has 1 aliphatic rings. The Hall–Kier alpha value is -1.56. The third-order valence-corrected chi connectivity index (χ3v) is 4.12. The molecule has 1 unspecified atom stereocenters. The van der Waals surface area contributed by atoms with Crippen molar-refractivity contribution in [3.8, 4) is 0 Å². The van der Waals surface area contributed by atoms with E-state index in [1.54, 1.807) is 11.1 Å². The largest absolute Gasteiger partial charge is 0.0653 e. The van der Waals surface area contributed by atoms with Crippen LogP contribution in [0.1, 0.15) is 50.2 Å². The monoisotopic (exact) mass is 236 g/mol. The molecule has 0 heterocycles. The molecule has 0 N–H and O–H groups in total. The lowest BCUT2D eigenvalue weighted by atomic mass is 9.78. The van der Waals surface area contributed by atoms with Crippen molar-refractivity contribution in [3.63, 3.8) is 0 Å². The molecule has 2 aromatic carbocycles. The van der Waals surface area contributed by atoms with E-state index in [9.17, 15) is 0 Å². The van der Waals surface area contributed by atoms with Gasteiger partial charge in [0.05, 0.1) is 0 Å². The van der Waals surface area contributed by atoms with Gasteiger partial charge in [-0.05, 0) is 34.7 Å². The number of rotatable bonds is 3. The van der Waals surface area contributed by atoms with E-state index in [2.05, 4.69) is 56.3 Å². The van der Waals surface area contributed by atoms with Crippen molar-refractivity contribution in [3.05, 3.63) is 53.1 Å². The van der Waals surface area contributed by atoms with Crippen molar-refractivity contribution in [2.75, 3.05) is 0 Å². The first-order chi connectivity index (χ1) is 8.85. The lowest BCUT2D eigenvalue weighted by Gasteiger charge is -2.26. The minimum Gasteiger partial charge on any atom is -0.0653 e. The van der Waals surface area contributed by atoms with Crippen LogP contribution in [-0.2, 0) is 0 Å². The topological polar surface area (TPSA) is 0 Å². The van der Waals surface area contributed by atoms with Gasteiger partial charge in [-0.2, -0.15) is 0 Å². The van der Waals surface area contributed by atoms with Gasteiger partial charge >= 0.3 is 0 Å². The van der Waals surface area contributed by atoms with Crippen molar-refractivity contribution in [1.29, 1.82) is 0 Å². The number of allylic oxidation sites excluding steroid dienone is 1. The highest BCUT2D eigenvalue weighted by Crippen LogP contribution is 2.42. The van der Waals surface area contributed by atoms with Gasteiger partial charge < -0.3 is 0 Å². The molecule has 1 aliphatic carbocycles. The van der Waals surface area contributed by atoms with Crippen LogP contribution in [0.25, 0.3) is 16.8 Å². The average molecular weight is 236 g/mol. The van der Waals surface area contributed by atoms with Crippen molar-refractivity contribution < 1.29 is 0 Å². The van der Waals surface area contributed by atoms with Crippen molar-refractivity contribution in [1.82, 2.24) is 0 Å². The molecule has 0 nitrogen and oxygen atoms in total. The van der Waals surface area contributed by atoms with Gasteiger partial charge in [0.2, 0.25) is 0 Å². The molecule has 0 radical (unpaired) electrons. The summed E-state index contributed by atoms with van der Waals surface area (Å²) in [6.07, 6.45) is 6.11. The summed E-state index contributed by atoms with van der Waals surface area (Å²) in [7, 11) is 0. The summed E-state index contributed by atoms with van der Waals surface area (Å²) >= 11 is 0. The fraction of sp³-hybridized carbons (Fsp3) is 0.333. The third-order valence-electron chi connectivity index (χ3n) is 4.12. The van der Waals surface area contributed by atoms with Gasteiger partial charge in [-0.15, -0.1) is 0 Å². The quantitative estimate of drug-likeness (QED) is 0.657. The van der Waals surface area contributed by atoms with Gasteiger partial charge in [-0.25, -0.2) is 0 Å². The van der Waals surface area contributed by atoms with Crippen LogP contribution in [0.3, 0.4) is 0 Å². The minimum absolute atomic E-state index is 0.638. The van der Waals surface area contributed by atoms with Crippen molar-refractivity contribution >= 4 is 16.8 Å². The zero-order valence-electron chi connectivity index (χ0n) is 11.2. The Kier molecular flexibility index (Phi) is 2.95. The summed E-state index contributed by atoms with van der Waals surface area (Å²) in [6.45, 7) is 4.57. The lowest BCUT2D eigenvalue weighted by molar-refractivity contribution is 0.673. The second kappa shape index (κ2) is 4.61. The van der Waals surface area contributed by atoms with Gasteiger partial charge in [0.25, 0.3) is 0 Å². The zero-order valence-corrected chi connectivity index (χ0v) is 11.2. The smallest absolute Gasteiger partial charge is 0.00576 e. The number of hydrogen-bond acceptors (Lipinski definition) is 0. The summed E-state index contributed by atoms with van der Waals surface area (Å²) in [5.74, 6) is 0.638. The summed E-state index contributed by atoms with van der Waals surface area (Å²) in [5, 5.41) is 2.87. The number of hydrogen-bond donors (Lipinski definition) is 0. The summed E-state index contributed by atoms with van der Waals surface area (Å²) < 4.78 is 0. The molecule has 0 spiro atoms. The van der Waals surface area contributed by atoms with Crippen molar-refractivity contribution in [2.24, 2.45) is 0 Å². The van der Waals surface area contributed by atoms with Gasteiger partial charge in [0.15, 0.2) is 0 Å². The van der Waals surface area contributed by atoms with Gasteiger partial charge in [-0.1, -0.05) is 68.3 Å². The molecule has 0 heteroatoms. The molecule has 0 saturated heterocycles. The molecule has 92 valence electrons. The molecule has 18 heavy (non-hydrogen) atoms. The molecular formula is C18H20. The van der Waals surface area contributed by atoms with Crippen LogP contribution in [0.4, 0.5) is 0 Å². The summed E-state index contributed by atoms with van der Waals surface area (Å²) in [4.78, 5) is 0. The Morgan fingerprint density at radius 2 is 1.78 bits per heavy atom. The Labute approximate surface area is 109 Å². The van der Waals surface area contributed by atoms with Gasteiger partial charge in [-0.3, -0.25) is 0 Å². The number of benzene rings is 2. The van der Waals surface area contributed by atoms with E-state index in [0.29, 0.717) is 5.92 Å². The third kappa shape index (κ3) is 1.68. The van der Waals surface area contributed by atoms with Crippen LogP contribution in [0.15, 0.2) is 42.0 Å². The maximum Gasteiger partial charge on any atom is 0.00576 e. The maximum absolute atomic E-state index is 2.43. The van der Waals surface area contributed by atoms with Crippen molar-refractivity contribution in [2.45, 2.75) is 39.0 Å². The fourth-order valence-electron chi connectivity index (χ4n) is 3.29. The highest BCUT2D eigenvalue weighted by atomic mass is 14.3. The minimum atomic E-state index is 0.638. The first-order valence-electron chi connectivity index (χ1n) is 7.07. The zero-order chi connectivity index (χ0) is 12.5. The second-order valence-corrected chi connectivity index (χ2v) is 5.21. The second-order valence-electron chi connectivity index (χ2n) is 5.21. The Morgan fingerprint density at radius 3 is 2.50 bits per heavy atom. The molecule has 0 aliphatic heterocycles. The Balaban J connectivity index is 2.28. The molecule has 0 saturated carbocycles. The van der Waals surface area contributed by atoms with Crippen LogP contribution >= 0.6 is 0 Å². The van der Waals surface area contributed by atoms with Crippen LogP contribution in [0, 0.1) is 0 Å². The fourth-order valence-corrected chi connectivity index (χ4v) is 3.29. The Bertz CT molecular complexity index is 599. The van der Waals surface area contributed by atoms with E-state index in [1.807, 2.05) is 0 Å². The van der Waals surface area contributed by atoms with Gasteiger partial charge in [0, 0.05) is 5.92 Å². The van der Waals surface area contributed by atoms with E-state index in [4.69, 9.17) is 0 Å². The molecular weight excluding hydrogens is 216 g/mol. The van der Waals surface area contributed by atoms with Gasteiger partial charge in [0.1, 0.15) is 0 Å². The summed E-state index contributed by atoms with van der Waals surface area (Å²) in [6, 6.07) is 13.4. The molecule has 0 bridgehead atoms. The predicted octanol–water partition coefficient (Wildman–Crippen LogP) is 5.53. The Morgan fingerprint density at radius 1 is 1.00 bits per heavy atom. The van der Waals surface area contributed by atoms with E-state index in [1.165, 1.54) is 29.2 Å². The van der Waals surface area contributed by atoms with E-state index >= 15 is 0 Å². The SMILES string of the molecule is CCCC1C(CC)=Cc2cccc3cccc1c23.